The van der Waals surface area contributed by atoms with E-state index in [1.807, 2.05) is 18.3 Å². The number of nitrogens with zero attached hydrogens (tertiary/aromatic N) is 1. The van der Waals surface area contributed by atoms with Gasteiger partial charge < -0.3 is 10.1 Å². The maximum absolute atomic E-state index is 5.79. The zero-order valence-corrected chi connectivity index (χ0v) is 11.9. The van der Waals surface area contributed by atoms with Crippen LogP contribution in [-0.4, -0.2) is 24.7 Å². The average molecular weight is 289 g/mol. The molecule has 1 atom stereocenters. The van der Waals surface area contributed by atoms with Crippen LogP contribution >= 0.6 is 11.6 Å². The molecule has 0 spiro atoms. The van der Waals surface area contributed by atoms with Crippen molar-refractivity contribution in [3.8, 4) is 0 Å². The number of hydrogen-bond acceptors (Lipinski definition) is 3. The van der Waals surface area contributed by atoms with Crippen LogP contribution in [0.5, 0.6) is 0 Å². The van der Waals surface area contributed by atoms with Gasteiger partial charge in [0.15, 0.2) is 0 Å². The van der Waals surface area contributed by atoms with Crippen LogP contribution in [0.4, 0.5) is 0 Å². The highest BCUT2D eigenvalue weighted by molar-refractivity contribution is 6.29. The number of ether oxygens (including phenoxy) is 1. The molecule has 0 saturated carbocycles. The number of halogens is 1. The Hall–Kier alpha value is -1.42. The van der Waals surface area contributed by atoms with Gasteiger partial charge in [-0.25, -0.2) is 4.98 Å². The van der Waals surface area contributed by atoms with Gasteiger partial charge in [0, 0.05) is 19.3 Å². The molecular weight excluding hydrogens is 272 g/mol. The first-order valence-corrected chi connectivity index (χ1v) is 7.20. The number of nitrogens with one attached hydrogen (secondary N) is 1. The molecule has 1 aliphatic rings. The summed E-state index contributed by atoms with van der Waals surface area (Å²) in [6.07, 6.45) is 2.87. The summed E-state index contributed by atoms with van der Waals surface area (Å²) in [6.45, 7) is 2.61. The summed E-state index contributed by atoms with van der Waals surface area (Å²) in [5.41, 5.74) is 3.66. The van der Waals surface area contributed by atoms with Crippen LogP contribution in [0.25, 0.3) is 0 Å². The van der Waals surface area contributed by atoms with Gasteiger partial charge in [0.2, 0.25) is 0 Å². The predicted octanol–water partition coefficient (Wildman–Crippen LogP) is 2.99. The van der Waals surface area contributed by atoms with E-state index in [9.17, 15) is 0 Å². The van der Waals surface area contributed by atoms with E-state index in [0.29, 0.717) is 5.15 Å². The molecule has 3 rings (SSSR count). The normalized spacial score (nSPS) is 18.9. The van der Waals surface area contributed by atoms with Crippen molar-refractivity contribution in [2.75, 3.05) is 19.7 Å². The lowest BCUT2D eigenvalue weighted by molar-refractivity contribution is 0.0277. The van der Waals surface area contributed by atoms with Crippen molar-refractivity contribution in [2.24, 2.45) is 0 Å². The molecule has 0 aliphatic carbocycles. The topological polar surface area (TPSA) is 34.1 Å². The fourth-order valence-electron chi connectivity index (χ4n) is 2.38. The fourth-order valence-corrected chi connectivity index (χ4v) is 2.49. The summed E-state index contributed by atoms with van der Waals surface area (Å²) in [5, 5.41) is 3.88. The monoisotopic (exact) mass is 288 g/mol. The maximum Gasteiger partial charge on any atom is 0.129 e. The van der Waals surface area contributed by atoms with Crippen LogP contribution in [0, 0.1) is 0 Å². The lowest BCUT2D eigenvalue weighted by Crippen LogP contribution is -2.33. The lowest BCUT2D eigenvalue weighted by atomic mass is 10.0. The molecule has 1 N–H and O–H groups in total. The van der Waals surface area contributed by atoms with E-state index in [1.165, 1.54) is 11.1 Å². The van der Waals surface area contributed by atoms with Crippen molar-refractivity contribution in [3.05, 3.63) is 64.4 Å². The average Bonchev–Trinajstić information content (AvgIpc) is 2.51. The van der Waals surface area contributed by atoms with Crippen LogP contribution in [0.15, 0.2) is 42.6 Å². The first-order valence-electron chi connectivity index (χ1n) is 6.83. The first-order chi connectivity index (χ1) is 9.81. The minimum Gasteiger partial charge on any atom is -0.371 e. The number of aromatic nitrogens is 1. The molecule has 2 heterocycles. The molecule has 0 amide bonds. The zero-order chi connectivity index (χ0) is 13.8. The highest BCUT2D eigenvalue weighted by Crippen LogP contribution is 2.20. The largest absolute Gasteiger partial charge is 0.371 e. The molecule has 1 aliphatic heterocycles. The third-order valence-corrected chi connectivity index (χ3v) is 3.70. The van der Waals surface area contributed by atoms with Crippen molar-refractivity contribution >= 4 is 11.6 Å². The standard InChI is InChI=1S/C16H17ClN2O/c17-16-6-3-13(10-19-16)9-12-1-4-14(5-2-12)15-11-18-7-8-20-15/h1-6,10,15,18H,7-9,11H2/t15-/m0/s1. The van der Waals surface area contributed by atoms with Gasteiger partial charge in [-0.1, -0.05) is 41.9 Å². The molecule has 3 nitrogen and oxygen atoms in total. The molecule has 1 aromatic heterocycles. The molecule has 0 radical (unpaired) electrons. The van der Waals surface area contributed by atoms with Gasteiger partial charge in [0.1, 0.15) is 5.15 Å². The van der Waals surface area contributed by atoms with Gasteiger partial charge >= 0.3 is 0 Å². The molecule has 0 bridgehead atoms. The van der Waals surface area contributed by atoms with Crippen LogP contribution < -0.4 is 5.32 Å². The minimum atomic E-state index is 0.176. The third-order valence-electron chi connectivity index (χ3n) is 3.48. The zero-order valence-electron chi connectivity index (χ0n) is 11.2. The van der Waals surface area contributed by atoms with E-state index in [2.05, 4.69) is 34.6 Å². The Morgan fingerprint density at radius 1 is 1.15 bits per heavy atom. The number of rotatable bonds is 3. The van der Waals surface area contributed by atoms with E-state index >= 15 is 0 Å². The predicted molar refractivity (Wildman–Crippen MR) is 80.1 cm³/mol. The molecule has 2 aromatic rings. The van der Waals surface area contributed by atoms with Gasteiger partial charge in [-0.3, -0.25) is 0 Å². The smallest absolute Gasteiger partial charge is 0.129 e. The highest BCUT2D eigenvalue weighted by Gasteiger charge is 2.15. The summed E-state index contributed by atoms with van der Waals surface area (Å²) < 4.78 is 5.75. The Labute approximate surface area is 123 Å². The first kappa shape index (κ1) is 13.6. The molecule has 1 fully saturated rings. The summed E-state index contributed by atoms with van der Waals surface area (Å²) in [5.74, 6) is 0. The lowest BCUT2D eigenvalue weighted by Gasteiger charge is -2.24. The van der Waals surface area contributed by atoms with Crippen molar-refractivity contribution in [2.45, 2.75) is 12.5 Å². The molecule has 4 heteroatoms. The molecule has 0 unspecified atom stereocenters. The van der Waals surface area contributed by atoms with Crippen LogP contribution in [0.2, 0.25) is 5.15 Å². The summed E-state index contributed by atoms with van der Waals surface area (Å²) in [7, 11) is 0. The van der Waals surface area contributed by atoms with E-state index in [4.69, 9.17) is 16.3 Å². The second kappa shape index (κ2) is 6.35. The maximum atomic E-state index is 5.79. The third kappa shape index (κ3) is 3.37. The quantitative estimate of drug-likeness (QED) is 0.882. The van der Waals surface area contributed by atoms with Gasteiger partial charge in [-0.15, -0.1) is 0 Å². The van der Waals surface area contributed by atoms with Crippen LogP contribution in [-0.2, 0) is 11.2 Å². The molecule has 1 aromatic carbocycles. The van der Waals surface area contributed by atoms with E-state index < -0.39 is 0 Å². The highest BCUT2D eigenvalue weighted by atomic mass is 35.5. The van der Waals surface area contributed by atoms with Crippen molar-refractivity contribution < 1.29 is 4.74 Å². The van der Waals surface area contributed by atoms with Crippen molar-refractivity contribution in [1.82, 2.24) is 10.3 Å². The molecule has 20 heavy (non-hydrogen) atoms. The molecule has 1 saturated heterocycles. The Morgan fingerprint density at radius 2 is 1.95 bits per heavy atom. The number of morpholine rings is 1. The second-order valence-electron chi connectivity index (χ2n) is 4.97. The van der Waals surface area contributed by atoms with Crippen LogP contribution in [0.1, 0.15) is 22.8 Å². The molecule has 104 valence electrons. The Morgan fingerprint density at radius 3 is 2.60 bits per heavy atom. The number of pyridine rings is 1. The van der Waals surface area contributed by atoms with E-state index in [1.54, 1.807) is 0 Å². The SMILES string of the molecule is Clc1ccc(Cc2ccc([C@@H]3CNCCO3)cc2)cn1. The number of benzene rings is 1. The van der Waals surface area contributed by atoms with Gasteiger partial charge in [-0.2, -0.15) is 0 Å². The van der Waals surface area contributed by atoms with Gasteiger partial charge in [-0.05, 0) is 29.2 Å². The van der Waals surface area contributed by atoms with E-state index in [0.717, 1.165) is 31.7 Å². The Kier molecular flexibility index (Phi) is 4.31. The summed E-state index contributed by atoms with van der Waals surface area (Å²) in [6, 6.07) is 12.4. The van der Waals surface area contributed by atoms with Gasteiger partial charge in [0.25, 0.3) is 0 Å². The fraction of sp³-hybridized carbons (Fsp3) is 0.312. The summed E-state index contributed by atoms with van der Waals surface area (Å²) >= 11 is 5.79. The Bertz CT molecular complexity index is 548. The van der Waals surface area contributed by atoms with Crippen LogP contribution in [0.3, 0.4) is 0 Å². The second-order valence-corrected chi connectivity index (χ2v) is 5.36. The van der Waals surface area contributed by atoms with Crippen molar-refractivity contribution in [3.63, 3.8) is 0 Å². The Balaban J connectivity index is 1.67. The van der Waals surface area contributed by atoms with Gasteiger partial charge in [0.05, 0.1) is 12.7 Å². The van der Waals surface area contributed by atoms with E-state index in [-0.39, 0.29) is 6.10 Å². The minimum absolute atomic E-state index is 0.176. The number of hydrogen-bond donors (Lipinski definition) is 1. The summed E-state index contributed by atoms with van der Waals surface area (Å²) in [4.78, 5) is 4.10. The van der Waals surface area contributed by atoms with Crippen molar-refractivity contribution in [1.29, 1.82) is 0 Å². The molecular formula is C16H17ClN2O.